The molecule has 0 fully saturated rings. The van der Waals surface area contributed by atoms with Crippen molar-refractivity contribution in [2.24, 2.45) is 0 Å². The van der Waals surface area contributed by atoms with Gasteiger partial charge in [-0.15, -0.1) is 0 Å². The van der Waals surface area contributed by atoms with E-state index in [2.05, 4.69) is 0 Å². The molecular weight excluding hydrogens is 619 g/mol. The summed E-state index contributed by atoms with van der Waals surface area (Å²) in [5, 5.41) is 0. The largest absolute Gasteiger partial charge is 0.270 e. The number of carbonyl (C=O) groups is 2. The predicted molar refractivity (Wildman–Crippen MR) is 152 cm³/mol. The number of sulfonamides is 4. The minimum absolute atomic E-state index is 0.0253. The van der Waals surface area contributed by atoms with Gasteiger partial charge < -0.3 is 0 Å². The van der Waals surface area contributed by atoms with Crippen LogP contribution in [0.3, 0.4) is 0 Å². The summed E-state index contributed by atoms with van der Waals surface area (Å²) in [6.45, 7) is 1.44. The van der Waals surface area contributed by atoms with Crippen molar-refractivity contribution in [3.63, 3.8) is 0 Å². The molecule has 0 aromatic heterocycles. The first kappa shape index (κ1) is 32.8. The van der Waals surface area contributed by atoms with Gasteiger partial charge >= 0.3 is 0 Å². The molecule has 1 aliphatic heterocycles. The number of imide groups is 1. The van der Waals surface area contributed by atoms with Gasteiger partial charge in [0.15, 0.2) is 0 Å². The van der Waals surface area contributed by atoms with Gasteiger partial charge in [-0.05, 0) is 29.7 Å². The monoisotopic (exact) mass is 649 g/mol. The van der Waals surface area contributed by atoms with Crippen LogP contribution in [0.4, 0.5) is 0 Å². The maximum atomic E-state index is 12.8. The second-order valence-electron chi connectivity index (χ2n) is 9.79. The van der Waals surface area contributed by atoms with Gasteiger partial charge in [-0.1, -0.05) is 57.2 Å². The van der Waals surface area contributed by atoms with Gasteiger partial charge in [-0.2, -0.15) is 0 Å². The lowest BCUT2D eigenvalue weighted by Crippen LogP contribution is -2.53. The van der Waals surface area contributed by atoms with Gasteiger partial charge in [0.2, 0.25) is 40.1 Å². The summed E-state index contributed by atoms with van der Waals surface area (Å²) in [5.74, 6) is -1.01. The maximum absolute atomic E-state index is 12.8. The van der Waals surface area contributed by atoms with Crippen molar-refractivity contribution in [3.05, 3.63) is 70.8 Å². The van der Waals surface area contributed by atoms with Crippen molar-refractivity contribution in [1.29, 1.82) is 0 Å². The summed E-state index contributed by atoms with van der Waals surface area (Å²) in [5.41, 5.74) is 0.885. The van der Waals surface area contributed by atoms with E-state index in [0.29, 0.717) is 30.6 Å². The molecule has 2 aromatic carbocycles. The molecule has 0 saturated heterocycles. The number of rotatable bonds is 12. The average Bonchev–Trinajstić information content (AvgIpc) is 3.04. The summed E-state index contributed by atoms with van der Waals surface area (Å²) in [6, 6.07) is 8.29. The second-order valence-corrected chi connectivity index (χ2v) is 17.7. The Bertz CT molecular complexity index is 1690. The summed E-state index contributed by atoms with van der Waals surface area (Å²) >= 11 is 0. The van der Waals surface area contributed by atoms with E-state index < -0.39 is 64.0 Å². The number of benzene rings is 2. The van der Waals surface area contributed by atoms with Gasteiger partial charge in [0.1, 0.15) is 0 Å². The Balaban J connectivity index is 2.17. The molecule has 0 radical (unpaired) electrons. The fourth-order valence-electron chi connectivity index (χ4n) is 4.94. The Morgan fingerprint density at radius 3 is 1.44 bits per heavy atom. The third-order valence-electron chi connectivity index (χ3n) is 6.29. The van der Waals surface area contributed by atoms with E-state index in [1.54, 1.807) is 19.1 Å². The number of hydrogen-bond donors (Lipinski definition) is 0. The molecule has 0 bridgehead atoms. The minimum atomic E-state index is -4.60. The lowest BCUT2D eigenvalue weighted by Gasteiger charge is -2.38. The molecule has 1 aliphatic rings. The maximum Gasteiger partial charge on any atom is 0.261 e. The zero-order chi connectivity index (χ0) is 31.1. The number of amides is 2. The molecule has 0 spiro atoms. The van der Waals surface area contributed by atoms with Crippen LogP contribution in [0.25, 0.3) is 0 Å². The quantitative estimate of drug-likeness (QED) is 0.303. The smallest absolute Gasteiger partial charge is 0.261 e. The van der Waals surface area contributed by atoms with Crippen LogP contribution in [0.15, 0.2) is 48.5 Å². The molecule has 0 N–H and O–H groups in total. The van der Waals surface area contributed by atoms with E-state index >= 15 is 0 Å². The molecule has 2 aromatic rings. The third kappa shape index (κ3) is 7.03. The van der Waals surface area contributed by atoms with E-state index in [9.17, 15) is 43.3 Å². The van der Waals surface area contributed by atoms with Gasteiger partial charge in [-0.25, -0.2) is 33.7 Å². The van der Waals surface area contributed by atoms with Gasteiger partial charge in [0.25, 0.3) is 11.8 Å². The number of fused-ring (bicyclic) bond motifs is 1. The van der Waals surface area contributed by atoms with E-state index in [4.69, 9.17) is 0 Å². The Kier molecular flexibility index (Phi) is 9.22. The zero-order valence-corrected chi connectivity index (χ0v) is 26.2. The Morgan fingerprint density at radius 1 is 0.659 bits per heavy atom. The first-order chi connectivity index (χ1) is 18.7. The summed E-state index contributed by atoms with van der Waals surface area (Å²) in [6.07, 6.45) is 2.44. The normalized spacial score (nSPS) is 16.3. The van der Waals surface area contributed by atoms with Gasteiger partial charge in [0.05, 0.1) is 54.8 Å². The number of nitrogens with zero attached hydrogens (tertiary/aromatic N) is 3. The second kappa shape index (κ2) is 11.5. The molecule has 3 rings (SSSR count). The van der Waals surface area contributed by atoms with Crippen LogP contribution in [-0.4, -0.2) is 88.9 Å². The molecule has 2 amide bonds. The van der Waals surface area contributed by atoms with Crippen LogP contribution in [0.2, 0.25) is 0 Å². The van der Waals surface area contributed by atoms with Crippen LogP contribution in [0.1, 0.15) is 57.7 Å². The van der Waals surface area contributed by atoms with Crippen LogP contribution < -0.4 is 0 Å². The molecule has 0 unspecified atom stereocenters. The van der Waals surface area contributed by atoms with Crippen molar-refractivity contribution < 1.29 is 43.3 Å². The zero-order valence-electron chi connectivity index (χ0n) is 23.0. The minimum Gasteiger partial charge on any atom is -0.270 e. The lowest BCUT2D eigenvalue weighted by molar-refractivity contribution is 0.0642. The summed E-state index contributed by atoms with van der Waals surface area (Å²) in [4.78, 5) is 26.6. The molecule has 13 nitrogen and oxygen atoms in total. The standard InChI is InChI=1S/C24H31N3O10S4/c1-6-9-21(26(38(2,30)31)39(3,32)33)22(27(40(4,34)35)41(5,36)37)18-14-12-17(13-15-18)16-25-23(28)19-10-7-8-11-20(19)24(25)29/h7-8,10-15,21-22H,6,9,16H2,1-5H3/t21-,22+/m1/s1. The molecule has 41 heavy (non-hydrogen) atoms. The Hall–Kier alpha value is -2.70. The molecule has 0 saturated carbocycles. The average molecular weight is 650 g/mol. The van der Waals surface area contributed by atoms with Crippen molar-refractivity contribution in [3.8, 4) is 0 Å². The summed E-state index contributed by atoms with van der Waals surface area (Å²) < 4.78 is 103. The first-order valence-corrected chi connectivity index (χ1v) is 19.5. The number of hydrogen-bond acceptors (Lipinski definition) is 10. The topological polar surface area (TPSA) is 180 Å². The highest BCUT2D eigenvalue weighted by Crippen LogP contribution is 2.37. The summed E-state index contributed by atoms with van der Waals surface area (Å²) in [7, 11) is -18.3. The molecule has 17 heteroatoms. The third-order valence-corrected chi connectivity index (χ3v) is 13.2. The van der Waals surface area contributed by atoms with Crippen LogP contribution in [0.5, 0.6) is 0 Å². The van der Waals surface area contributed by atoms with Gasteiger partial charge in [-0.3, -0.25) is 14.5 Å². The molecule has 226 valence electrons. The number of carbonyl (C=O) groups excluding carboxylic acids is 2. The SMILES string of the molecule is CCC[C@H]([C@H](c1ccc(CN2C(=O)c3ccccc3C2=O)cc1)N(S(C)(=O)=O)S(C)(=O)=O)N(S(C)(=O)=O)S(C)(=O)=O. The Labute approximate surface area is 241 Å². The molecule has 1 heterocycles. The molecule has 0 aliphatic carbocycles. The van der Waals surface area contributed by atoms with Crippen LogP contribution in [0, 0.1) is 0 Å². The fourth-order valence-corrected chi connectivity index (χ4v) is 11.7. The van der Waals surface area contributed by atoms with Crippen molar-refractivity contribution in [1.82, 2.24) is 12.3 Å². The highest BCUT2D eigenvalue weighted by molar-refractivity contribution is 8.04. The molecular formula is C24H31N3O10S4. The fraction of sp³-hybridized carbons (Fsp3) is 0.417. The molecule has 2 atom stereocenters. The van der Waals surface area contributed by atoms with E-state index in [0.717, 1.165) is 4.90 Å². The van der Waals surface area contributed by atoms with E-state index in [1.165, 1.54) is 36.4 Å². The van der Waals surface area contributed by atoms with E-state index in [-0.39, 0.29) is 43.5 Å². The lowest BCUT2D eigenvalue weighted by atomic mass is 9.96. The first-order valence-electron chi connectivity index (χ1n) is 12.1. The predicted octanol–water partition coefficient (Wildman–Crippen LogP) is 1.14. The Morgan fingerprint density at radius 2 is 1.07 bits per heavy atom. The van der Waals surface area contributed by atoms with Crippen molar-refractivity contribution in [2.75, 3.05) is 25.0 Å². The van der Waals surface area contributed by atoms with E-state index in [1.807, 2.05) is 0 Å². The van der Waals surface area contributed by atoms with Gasteiger partial charge in [0, 0.05) is 0 Å². The van der Waals surface area contributed by atoms with Crippen LogP contribution in [-0.2, 0) is 46.6 Å². The van der Waals surface area contributed by atoms with Crippen LogP contribution >= 0.6 is 0 Å². The van der Waals surface area contributed by atoms with Crippen molar-refractivity contribution in [2.45, 2.75) is 38.4 Å². The van der Waals surface area contributed by atoms with Crippen molar-refractivity contribution >= 4 is 51.9 Å². The highest BCUT2D eigenvalue weighted by atomic mass is 32.3. The highest BCUT2D eigenvalue weighted by Gasteiger charge is 2.47.